The van der Waals surface area contributed by atoms with E-state index in [2.05, 4.69) is 5.32 Å². The number of aliphatic carboxylic acids is 1. The molecule has 0 fully saturated rings. The monoisotopic (exact) mass is 397 g/mol. The van der Waals surface area contributed by atoms with Crippen molar-refractivity contribution in [3.63, 3.8) is 0 Å². The molecule has 1 radical (unpaired) electrons. The number of nitrogens with two attached hydrogens (primary N) is 1. The molecule has 0 saturated heterocycles. The van der Waals surface area contributed by atoms with E-state index in [1.54, 1.807) is 0 Å². The molecule has 0 bridgehead atoms. The third-order valence-corrected chi connectivity index (χ3v) is 4.97. The maximum atomic E-state index is 11.8. The lowest BCUT2D eigenvalue weighted by Crippen LogP contribution is -2.35. The van der Waals surface area contributed by atoms with Crippen molar-refractivity contribution >= 4 is 18.2 Å². The number of carbonyl (C=O) groups excluding carboxylic acids is 2. The van der Waals surface area contributed by atoms with Crippen LogP contribution in [0.4, 0.5) is 0 Å². The number of rotatable bonds is 21. The Labute approximate surface area is 171 Å². The third-order valence-electron chi connectivity index (χ3n) is 4.97. The highest BCUT2D eigenvalue weighted by atomic mass is 16.4. The van der Waals surface area contributed by atoms with E-state index in [1.807, 2.05) is 6.29 Å². The number of carbonyl (C=O) groups is 2. The first-order chi connectivity index (χ1) is 13.6. The second kappa shape index (κ2) is 20.3. The molecule has 0 saturated carbocycles. The second-order valence-corrected chi connectivity index (χ2v) is 7.66. The molecule has 0 aromatic rings. The van der Waals surface area contributed by atoms with Gasteiger partial charge < -0.3 is 16.2 Å². The topological polar surface area (TPSA) is 109 Å². The van der Waals surface area contributed by atoms with Gasteiger partial charge in [-0.05, 0) is 38.6 Å². The molecule has 0 aromatic carbocycles. The molecule has 0 aliphatic rings. The highest BCUT2D eigenvalue weighted by molar-refractivity contribution is 5.79. The van der Waals surface area contributed by atoms with Gasteiger partial charge in [0.05, 0.1) is 6.04 Å². The molecule has 28 heavy (non-hydrogen) atoms. The Hall–Kier alpha value is -1.43. The Balaban J connectivity index is 3.34. The summed E-state index contributed by atoms with van der Waals surface area (Å²) in [5.74, 6) is -0.743. The normalized spacial score (nSPS) is 11.9. The van der Waals surface area contributed by atoms with Crippen LogP contribution in [0.3, 0.4) is 0 Å². The zero-order chi connectivity index (χ0) is 20.9. The van der Waals surface area contributed by atoms with Crippen LogP contribution in [0, 0.1) is 0 Å². The molecule has 0 spiro atoms. The molecular formula is C22H41N2O4. The van der Waals surface area contributed by atoms with E-state index in [9.17, 15) is 14.4 Å². The smallest absolute Gasteiger partial charge is 0.303 e. The van der Waals surface area contributed by atoms with Crippen LogP contribution in [0.25, 0.3) is 0 Å². The lowest BCUT2D eigenvalue weighted by Gasteiger charge is -2.11. The molecule has 0 aromatic heterocycles. The van der Waals surface area contributed by atoms with E-state index in [0.717, 1.165) is 51.4 Å². The number of hydrogen-bond acceptors (Lipinski definition) is 4. The lowest BCUT2D eigenvalue weighted by molar-refractivity contribution is -0.137. The van der Waals surface area contributed by atoms with E-state index in [4.69, 9.17) is 10.8 Å². The van der Waals surface area contributed by atoms with E-state index in [-0.39, 0.29) is 5.91 Å². The van der Waals surface area contributed by atoms with Crippen LogP contribution < -0.4 is 11.1 Å². The molecule has 0 heterocycles. The second-order valence-electron chi connectivity index (χ2n) is 7.66. The third kappa shape index (κ3) is 19.3. The van der Waals surface area contributed by atoms with Crippen molar-refractivity contribution in [2.45, 2.75) is 115 Å². The van der Waals surface area contributed by atoms with Gasteiger partial charge in [-0.1, -0.05) is 64.2 Å². The van der Waals surface area contributed by atoms with Crippen molar-refractivity contribution in [3.05, 3.63) is 0 Å². The van der Waals surface area contributed by atoms with Crippen molar-refractivity contribution in [1.82, 2.24) is 5.32 Å². The zero-order valence-corrected chi connectivity index (χ0v) is 17.6. The van der Waals surface area contributed by atoms with Crippen molar-refractivity contribution in [2.24, 2.45) is 5.73 Å². The summed E-state index contributed by atoms with van der Waals surface area (Å²) in [6, 6.07) is -0.490. The fourth-order valence-electron chi connectivity index (χ4n) is 3.25. The molecule has 1 amide bonds. The van der Waals surface area contributed by atoms with Crippen LogP contribution in [0.15, 0.2) is 0 Å². The van der Waals surface area contributed by atoms with Gasteiger partial charge in [-0.2, -0.15) is 0 Å². The Morgan fingerprint density at radius 3 is 1.64 bits per heavy atom. The molecule has 0 rings (SSSR count). The molecule has 6 nitrogen and oxygen atoms in total. The fourth-order valence-corrected chi connectivity index (χ4v) is 3.25. The van der Waals surface area contributed by atoms with Gasteiger partial charge in [0.15, 0.2) is 0 Å². The van der Waals surface area contributed by atoms with Crippen molar-refractivity contribution in [1.29, 1.82) is 0 Å². The first kappa shape index (κ1) is 26.6. The van der Waals surface area contributed by atoms with Gasteiger partial charge >= 0.3 is 5.97 Å². The lowest BCUT2D eigenvalue weighted by atomic mass is 10.0. The number of hydrogen-bond donors (Lipinski definition) is 3. The number of carboxylic acids is 1. The van der Waals surface area contributed by atoms with Crippen LogP contribution >= 0.6 is 0 Å². The summed E-state index contributed by atoms with van der Waals surface area (Å²) in [6.45, 7) is 0.605. The highest BCUT2D eigenvalue weighted by Gasteiger charge is 2.11. The van der Waals surface area contributed by atoms with Crippen LogP contribution in [-0.2, 0) is 14.4 Å². The Morgan fingerprint density at radius 1 is 0.750 bits per heavy atom. The minimum Gasteiger partial charge on any atom is -0.481 e. The summed E-state index contributed by atoms with van der Waals surface area (Å²) < 4.78 is 0. The summed E-state index contributed by atoms with van der Waals surface area (Å²) in [6.07, 6.45) is 18.5. The molecule has 1 atom stereocenters. The van der Waals surface area contributed by atoms with Gasteiger partial charge in [-0.25, -0.2) is 0 Å². The van der Waals surface area contributed by atoms with E-state index in [0.29, 0.717) is 25.8 Å². The summed E-state index contributed by atoms with van der Waals surface area (Å²) in [5, 5.41) is 11.3. The van der Waals surface area contributed by atoms with E-state index < -0.39 is 12.0 Å². The van der Waals surface area contributed by atoms with Crippen molar-refractivity contribution < 1.29 is 19.5 Å². The highest BCUT2D eigenvalue weighted by Crippen LogP contribution is 2.13. The molecule has 0 aliphatic heterocycles. The number of carboxylic acid groups (broad SMARTS) is 1. The SMILES string of the molecule is NCCCC[C@@H]([C]=O)NC(=O)CCCCCCCCCCCCCCC(=O)O. The Bertz CT molecular complexity index is 402. The Morgan fingerprint density at radius 2 is 1.21 bits per heavy atom. The van der Waals surface area contributed by atoms with Gasteiger partial charge in [0.1, 0.15) is 0 Å². The van der Waals surface area contributed by atoms with E-state index >= 15 is 0 Å². The van der Waals surface area contributed by atoms with Crippen LogP contribution in [0.1, 0.15) is 109 Å². The van der Waals surface area contributed by atoms with Gasteiger partial charge in [-0.15, -0.1) is 0 Å². The van der Waals surface area contributed by atoms with Crippen molar-refractivity contribution in [3.8, 4) is 0 Å². The zero-order valence-electron chi connectivity index (χ0n) is 17.6. The molecule has 0 aliphatic carbocycles. The maximum Gasteiger partial charge on any atom is 0.303 e. The standard InChI is InChI=1S/C22H41N2O4/c23-18-14-13-15-20(19-25)24-21(26)16-11-9-7-5-3-1-2-4-6-8-10-12-17-22(27)28/h20H,1-18,23H2,(H,24,26)(H,27,28)/t20-/m0/s1. The van der Waals surface area contributed by atoms with Gasteiger partial charge in [-0.3, -0.25) is 14.4 Å². The number of amides is 1. The predicted molar refractivity (Wildman–Crippen MR) is 113 cm³/mol. The largest absolute Gasteiger partial charge is 0.481 e. The predicted octanol–water partition coefficient (Wildman–Crippen LogP) is 4.26. The summed E-state index contributed by atoms with van der Waals surface area (Å²) >= 11 is 0. The van der Waals surface area contributed by atoms with Gasteiger partial charge in [0.25, 0.3) is 0 Å². The molecule has 4 N–H and O–H groups in total. The van der Waals surface area contributed by atoms with Gasteiger partial charge in [0, 0.05) is 12.8 Å². The first-order valence-electron chi connectivity index (χ1n) is 11.2. The average Bonchev–Trinajstić information content (AvgIpc) is 2.67. The minimum absolute atomic E-state index is 0.0514. The molecular weight excluding hydrogens is 356 g/mol. The fraction of sp³-hybridized carbons (Fsp3) is 0.864. The summed E-state index contributed by atoms with van der Waals surface area (Å²) in [7, 11) is 0. The number of nitrogens with one attached hydrogen (secondary N) is 1. The van der Waals surface area contributed by atoms with E-state index in [1.165, 1.54) is 38.5 Å². The molecule has 6 heteroatoms. The first-order valence-corrected chi connectivity index (χ1v) is 11.2. The summed E-state index contributed by atoms with van der Waals surface area (Å²) in [4.78, 5) is 33.1. The average molecular weight is 398 g/mol. The molecule has 0 unspecified atom stereocenters. The van der Waals surface area contributed by atoms with Crippen LogP contribution in [-0.4, -0.2) is 35.9 Å². The molecule has 163 valence electrons. The summed E-state index contributed by atoms with van der Waals surface area (Å²) in [5.41, 5.74) is 5.43. The van der Waals surface area contributed by atoms with Crippen LogP contribution in [0.2, 0.25) is 0 Å². The van der Waals surface area contributed by atoms with Gasteiger partial charge in [0.2, 0.25) is 12.2 Å². The van der Waals surface area contributed by atoms with Crippen molar-refractivity contribution in [2.75, 3.05) is 6.54 Å². The van der Waals surface area contributed by atoms with Crippen LogP contribution in [0.5, 0.6) is 0 Å². The quantitative estimate of drug-likeness (QED) is 0.251. The number of unbranched alkanes of at least 4 members (excludes halogenated alkanes) is 12. The maximum absolute atomic E-state index is 11.8. The minimum atomic E-state index is -0.692. The Kier molecular flexibility index (Phi) is 19.3.